The van der Waals surface area contributed by atoms with E-state index >= 15 is 0 Å². The topological polar surface area (TPSA) is 256 Å². The average molecular weight is 1250 g/mol. The Kier molecular flexibility index (Phi) is 27.1. The minimum atomic E-state index is -1.17. The van der Waals surface area contributed by atoms with Crippen LogP contribution in [-0.4, -0.2) is 186 Å². The number of unbranched alkanes of at least 4 members (excludes halogenated alkanes) is 1. The lowest BCUT2D eigenvalue weighted by Gasteiger charge is -2.44. The summed E-state index contributed by atoms with van der Waals surface area (Å²) in [5.41, 5.74) is 2.11. The van der Waals surface area contributed by atoms with Gasteiger partial charge in [-0.3, -0.25) is 33.7 Å². The summed E-state index contributed by atoms with van der Waals surface area (Å²) in [6.45, 7) is 9.65. The molecular weight excluding hydrogens is 1160 g/mol. The summed E-state index contributed by atoms with van der Waals surface area (Å²) in [6, 6.07) is 31.9. The fourth-order valence-electron chi connectivity index (χ4n) is 11.1. The summed E-state index contributed by atoms with van der Waals surface area (Å²) in [5.74, 6) is -0.670. The zero-order valence-electron chi connectivity index (χ0n) is 52.1. The van der Waals surface area contributed by atoms with Crippen molar-refractivity contribution < 1.29 is 76.6 Å². The molecule has 3 fully saturated rings. The predicted molar refractivity (Wildman–Crippen MR) is 335 cm³/mol. The standard InChI is InChI=1S/C67H89N5O16S/c1-65(2,3)49-19-17-48(18-20-49)63(79)72-55-45-89-56(62(55)70-64(72)80)15-9-10-16-57(73)68-33-11-37-83-39-41-85-42-40-84-38-12-34-69-58(74)43-86-44-59(75)71-35-31-66(32-36-71,46-87-61(78)30-29-60(76)77)47-88-67(50-13-7-6-8-14-50,51-21-25-53(81-4)26-22-51)52-23-27-54(82-5)28-24-52/h6-8,13-14,17-28,55-56,62H,9-12,15-16,29-47H2,1-5H3,(H,68,73)(H,69,74)(H,70,80)(H,76,77)/t55-,56-,62-/m0/s1. The van der Waals surface area contributed by atoms with Gasteiger partial charge in [0.05, 0.1) is 78.8 Å². The van der Waals surface area contributed by atoms with Gasteiger partial charge in [-0.2, -0.15) is 11.8 Å². The highest BCUT2D eigenvalue weighted by Gasteiger charge is 2.50. The van der Waals surface area contributed by atoms with Gasteiger partial charge < -0.3 is 63.9 Å². The van der Waals surface area contributed by atoms with E-state index in [1.807, 2.05) is 91.0 Å². The van der Waals surface area contributed by atoms with E-state index in [1.165, 1.54) is 4.90 Å². The van der Waals surface area contributed by atoms with Crippen molar-refractivity contribution >= 4 is 53.4 Å². The first-order chi connectivity index (χ1) is 42.9. The number of benzene rings is 4. The highest BCUT2D eigenvalue weighted by Crippen LogP contribution is 2.45. The number of nitrogens with one attached hydrogen (secondary N) is 3. The van der Waals surface area contributed by atoms with Crippen molar-refractivity contribution in [3.63, 3.8) is 0 Å². The van der Waals surface area contributed by atoms with Crippen molar-refractivity contribution in [1.82, 2.24) is 25.8 Å². The lowest BCUT2D eigenvalue weighted by molar-refractivity contribution is -0.157. The van der Waals surface area contributed by atoms with Crippen LogP contribution in [0, 0.1) is 5.41 Å². The highest BCUT2D eigenvalue weighted by atomic mass is 32.2. The number of nitrogens with zero attached hydrogens (tertiary/aromatic N) is 2. The van der Waals surface area contributed by atoms with E-state index in [-0.39, 0.29) is 105 Å². The van der Waals surface area contributed by atoms with Crippen molar-refractivity contribution in [2.45, 2.75) is 113 Å². The van der Waals surface area contributed by atoms with Crippen molar-refractivity contribution in [3.05, 3.63) is 131 Å². The summed E-state index contributed by atoms with van der Waals surface area (Å²) < 4.78 is 46.5. The second-order valence-corrected chi connectivity index (χ2v) is 24.9. The maximum atomic E-state index is 13.5. The Morgan fingerprint density at radius 2 is 1.20 bits per heavy atom. The fourth-order valence-corrected chi connectivity index (χ4v) is 12.7. The van der Waals surface area contributed by atoms with Crippen molar-refractivity contribution in [2.24, 2.45) is 5.41 Å². The smallest absolute Gasteiger partial charge is 0.325 e. The molecule has 6 amide bonds. The molecule has 21 nitrogen and oxygen atoms in total. The number of esters is 1. The molecule has 3 saturated heterocycles. The molecule has 4 N–H and O–H groups in total. The number of methoxy groups -OCH3 is 2. The second-order valence-electron chi connectivity index (χ2n) is 23.6. The molecule has 3 aliphatic heterocycles. The van der Waals surface area contributed by atoms with Gasteiger partial charge in [-0.05, 0) is 103 Å². The highest BCUT2D eigenvalue weighted by molar-refractivity contribution is 8.00. The van der Waals surface area contributed by atoms with Gasteiger partial charge in [-0.15, -0.1) is 0 Å². The van der Waals surface area contributed by atoms with E-state index in [4.69, 9.17) is 37.9 Å². The number of aliphatic carboxylic acids is 1. The quantitative estimate of drug-likeness (QED) is 0.0146. The average Bonchev–Trinajstić information content (AvgIpc) is 1.48. The predicted octanol–water partition coefficient (Wildman–Crippen LogP) is 7.68. The Morgan fingerprint density at radius 1 is 0.640 bits per heavy atom. The number of piperidine rings is 1. The number of rotatable bonds is 37. The van der Waals surface area contributed by atoms with Gasteiger partial charge in [0, 0.05) is 67.8 Å². The van der Waals surface area contributed by atoms with Crippen LogP contribution in [0.15, 0.2) is 103 Å². The SMILES string of the molecule is COc1ccc(C(OCC2(COC(=O)CCC(=O)O)CCN(C(=O)COCC(=O)NCCCOCCOCCOCCCNC(=O)CCCC[C@@H]3SC[C@H]4[C@@H]3NC(=O)N4C(=O)c3ccc(C(C)(C)C)cc3)CC2)(c2ccccc2)c2ccc(OC)cc2)cc1. The number of imide groups is 1. The third-order valence-electron chi connectivity index (χ3n) is 16.3. The van der Waals surface area contributed by atoms with E-state index in [2.05, 4.69) is 36.7 Å². The van der Waals surface area contributed by atoms with Crippen LogP contribution in [0.1, 0.15) is 118 Å². The molecule has 0 radical (unpaired) electrons. The van der Waals surface area contributed by atoms with Crippen molar-refractivity contribution in [1.29, 1.82) is 0 Å². The van der Waals surface area contributed by atoms with E-state index in [0.717, 1.165) is 41.5 Å². The molecule has 7 rings (SSSR count). The Bertz CT molecular complexity index is 2850. The van der Waals surface area contributed by atoms with Crippen LogP contribution in [0.25, 0.3) is 0 Å². The lowest BCUT2D eigenvalue weighted by atomic mass is 9.77. The Morgan fingerprint density at radius 3 is 1.78 bits per heavy atom. The van der Waals surface area contributed by atoms with Crippen LogP contribution in [0.4, 0.5) is 4.79 Å². The first-order valence-corrected chi connectivity index (χ1v) is 31.8. The van der Waals surface area contributed by atoms with Crippen molar-refractivity contribution in [3.8, 4) is 11.5 Å². The molecule has 22 heteroatoms. The molecule has 484 valence electrons. The molecule has 89 heavy (non-hydrogen) atoms. The number of thioether (sulfide) groups is 1. The number of carbonyl (C=O) groups is 7. The van der Waals surface area contributed by atoms with Gasteiger partial charge in [0.25, 0.3) is 5.91 Å². The Labute approximate surface area is 526 Å². The van der Waals surface area contributed by atoms with Crippen LogP contribution < -0.4 is 25.4 Å². The molecule has 0 unspecified atom stereocenters. The number of urea groups is 1. The summed E-state index contributed by atoms with van der Waals surface area (Å²) >= 11 is 1.78. The number of ether oxygens (including phenoxy) is 8. The van der Waals surface area contributed by atoms with Crippen LogP contribution in [0.3, 0.4) is 0 Å². The molecule has 4 aromatic carbocycles. The normalized spacial score (nSPS) is 17.1. The molecule has 4 aromatic rings. The number of hydrogen-bond donors (Lipinski definition) is 4. The number of carboxylic acid groups (broad SMARTS) is 1. The largest absolute Gasteiger partial charge is 0.497 e. The zero-order valence-corrected chi connectivity index (χ0v) is 52.9. The van der Waals surface area contributed by atoms with Gasteiger partial charge in [0.15, 0.2) is 0 Å². The number of fused-ring (bicyclic) bond motifs is 1. The third-order valence-corrected chi connectivity index (χ3v) is 17.8. The van der Waals surface area contributed by atoms with Gasteiger partial charge in [0.2, 0.25) is 17.7 Å². The minimum absolute atomic E-state index is 0.00317. The molecule has 3 heterocycles. The van der Waals surface area contributed by atoms with Crippen molar-refractivity contribution in [2.75, 3.05) is 112 Å². The number of carbonyl (C=O) groups excluding carboxylic acids is 6. The molecule has 3 aliphatic rings. The first-order valence-electron chi connectivity index (χ1n) is 30.8. The Balaban J connectivity index is 0.715. The van der Waals surface area contributed by atoms with Crippen LogP contribution in [0.5, 0.6) is 11.5 Å². The summed E-state index contributed by atoms with van der Waals surface area (Å²) in [4.78, 5) is 92.1. The minimum Gasteiger partial charge on any atom is -0.497 e. The number of amides is 6. The summed E-state index contributed by atoms with van der Waals surface area (Å²) in [7, 11) is 3.20. The maximum absolute atomic E-state index is 13.5. The van der Waals surface area contributed by atoms with E-state index in [0.29, 0.717) is 108 Å². The number of hydrogen-bond acceptors (Lipinski definition) is 16. The molecule has 0 aliphatic carbocycles. The first kappa shape index (κ1) is 69.4. The molecule has 0 saturated carbocycles. The summed E-state index contributed by atoms with van der Waals surface area (Å²) in [5, 5.41) is 18.2. The molecule has 0 aromatic heterocycles. The number of carboxylic acids is 1. The molecule has 0 bridgehead atoms. The van der Waals surface area contributed by atoms with Crippen LogP contribution >= 0.6 is 11.8 Å². The molecule has 3 atom stereocenters. The van der Waals surface area contributed by atoms with Gasteiger partial charge in [0.1, 0.15) is 30.3 Å². The second kappa shape index (κ2) is 34.8. The van der Waals surface area contributed by atoms with Gasteiger partial charge >= 0.3 is 18.0 Å². The monoisotopic (exact) mass is 1250 g/mol. The Hall–Kier alpha value is -7.08. The molecule has 0 spiro atoms. The van der Waals surface area contributed by atoms with Gasteiger partial charge in [-0.1, -0.05) is 93.9 Å². The van der Waals surface area contributed by atoms with Crippen LogP contribution in [0.2, 0.25) is 0 Å². The van der Waals surface area contributed by atoms with E-state index < -0.39 is 23.0 Å². The van der Waals surface area contributed by atoms with E-state index in [1.54, 1.807) is 43.0 Å². The molecular formula is C67H89N5O16S. The fraction of sp³-hybridized carbons (Fsp3) is 0.537. The van der Waals surface area contributed by atoms with Crippen LogP contribution in [-0.2, 0) is 63.4 Å². The zero-order chi connectivity index (χ0) is 63.7. The number of likely N-dealkylation sites (tertiary alicyclic amines) is 1. The van der Waals surface area contributed by atoms with Gasteiger partial charge in [-0.25, -0.2) is 4.79 Å². The lowest BCUT2D eigenvalue weighted by Crippen LogP contribution is -2.49. The maximum Gasteiger partial charge on any atom is 0.325 e. The summed E-state index contributed by atoms with van der Waals surface area (Å²) in [6.07, 6.45) is 4.20. The van der Waals surface area contributed by atoms with E-state index in [9.17, 15) is 38.7 Å². The third kappa shape index (κ3) is 20.5.